The number of benzene rings is 2. The summed E-state index contributed by atoms with van der Waals surface area (Å²) in [7, 11) is -2.36. The fourth-order valence-corrected chi connectivity index (χ4v) is 6.19. The van der Waals surface area contributed by atoms with E-state index in [0.29, 0.717) is 16.8 Å². The van der Waals surface area contributed by atoms with Crippen molar-refractivity contribution < 1.29 is 57.4 Å². The van der Waals surface area contributed by atoms with Crippen LogP contribution in [0.3, 0.4) is 0 Å². The molecule has 0 bridgehead atoms. The van der Waals surface area contributed by atoms with Crippen molar-refractivity contribution in [2.24, 2.45) is 5.92 Å². The maximum Gasteiger partial charge on any atom is 0.335 e. The molecule has 1 unspecified atom stereocenters. The molecule has 1 aliphatic carbocycles. The summed E-state index contributed by atoms with van der Waals surface area (Å²) >= 11 is 0. The Bertz CT molecular complexity index is 1540. The molecule has 2 aromatic rings. The van der Waals surface area contributed by atoms with Crippen LogP contribution < -0.4 is 14.8 Å². The molecule has 0 spiro atoms. The average molecular weight is 621 g/mol. The van der Waals surface area contributed by atoms with Gasteiger partial charge < -0.3 is 44.9 Å². The molecule has 3 aliphatic rings. The number of nitrogens with one attached hydrogen (secondary N) is 1. The molecule has 14 nitrogen and oxygen atoms in total. The van der Waals surface area contributed by atoms with Gasteiger partial charge in [0, 0.05) is 18.7 Å². The Morgan fingerprint density at radius 3 is 2.44 bits per heavy atom. The van der Waals surface area contributed by atoms with Crippen LogP contribution >= 0.6 is 0 Å². The third kappa shape index (κ3) is 6.31. The van der Waals surface area contributed by atoms with Crippen molar-refractivity contribution in [2.75, 3.05) is 24.4 Å². The van der Waals surface area contributed by atoms with Crippen LogP contribution in [0.4, 0.5) is 5.69 Å². The first-order valence-corrected chi connectivity index (χ1v) is 15.5. The highest BCUT2D eigenvalue weighted by molar-refractivity contribution is 7.90. The summed E-state index contributed by atoms with van der Waals surface area (Å²) in [5.41, 5.74) is 1.52. The molecule has 1 saturated carbocycles. The molecule has 0 radical (unpaired) electrons. The molecule has 0 aromatic heterocycles. The number of carboxylic acids is 1. The van der Waals surface area contributed by atoms with Gasteiger partial charge in [-0.15, -0.1) is 0 Å². The third-order valence-electron chi connectivity index (χ3n) is 7.64. The summed E-state index contributed by atoms with van der Waals surface area (Å²) < 4.78 is 41.4. The third-order valence-corrected chi connectivity index (χ3v) is 8.56. The lowest BCUT2D eigenvalue weighted by Crippen LogP contribution is -2.61. The molecule has 1 saturated heterocycles. The summed E-state index contributed by atoms with van der Waals surface area (Å²) in [6, 6.07) is 8.34. The zero-order chi connectivity index (χ0) is 31.2. The summed E-state index contributed by atoms with van der Waals surface area (Å²) in [6.45, 7) is 0.0541. The Kier molecular flexibility index (Phi) is 8.37. The topological polar surface area (TPSA) is 209 Å². The van der Waals surface area contributed by atoms with Gasteiger partial charge in [0.2, 0.25) is 12.2 Å². The number of carbonyl (C=O) groups excluding carboxylic acids is 2. The van der Waals surface area contributed by atoms with Gasteiger partial charge in [-0.1, -0.05) is 18.2 Å². The lowest BCUT2D eigenvalue weighted by atomic mass is 9.99. The Morgan fingerprint density at radius 2 is 1.81 bits per heavy atom. The van der Waals surface area contributed by atoms with Gasteiger partial charge in [0.1, 0.15) is 28.1 Å². The van der Waals surface area contributed by atoms with Crippen LogP contribution in [0, 0.1) is 5.92 Å². The van der Waals surface area contributed by atoms with Crippen LogP contribution in [0.15, 0.2) is 36.4 Å². The zero-order valence-electron chi connectivity index (χ0n) is 23.2. The summed E-state index contributed by atoms with van der Waals surface area (Å²) in [5, 5.41) is 42.8. The molecule has 2 fully saturated rings. The number of ether oxygens (including phenoxy) is 3. The lowest BCUT2D eigenvalue weighted by molar-refractivity contribution is -0.271. The van der Waals surface area contributed by atoms with Gasteiger partial charge in [0.05, 0.1) is 30.2 Å². The summed E-state index contributed by atoms with van der Waals surface area (Å²) in [4.78, 5) is 39.1. The largest absolute Gasteiger partial charge is 0.493 e. The molecular formula is C28H32N2O12S. The second kappa shape index (κ2) is 11.7. The fraction of sp³-hybridized carbons (Fsp3) is 0.464. The number of hydrogen-bond acceptors (Lipinski definition) is 11. The minimum atomic E-state index is -3.67. The number of anilines is 1. The van der Waals surface area contributed by atoms with E-state index < -0.39 is 64.2 Å². The number of rotatable bonds is 10. The number of hydrogen-bond donors (Lipinski definition) is 5. The molecule has 43 heavy (non-hydrogen) atoms. The normalized spacial score (nSPS) is 26.0. The van der Waals surface area contributed by atoms with Crippen LogP contribution in [-0.2, 0) is 30.7 Å². The maximum absolute atomic E-state index is 13.8. The second-order valence-corrected chi connectivity index (χ2v) is 13.1. The fourth-order valence-electron chi connectivity index (χ4n) is 5.24. The van der Waals surface area contributed by atoms with Crippen molar-refractivity contribution in [3.8, 4) is 11.5 Å². The molecule has 2 aliphatic heterocycles. The maximum atomic E-state index is 13.8. The smallest absolute Gasteiger partial charge is 0.335 e. The van der Waals surface area contributed by atoms with Crippen molar-refractivity contribution in [3.05, 3.63) is 53.1 Å². The van der Waals surface area contributed by atoms with Gasteiger partial charge in [-0.3, -0.25) is 9.59 Å². The number of aliphatic hydroxyl groups is 3. The molecule has 5 rings (SSSR count). The first-order valence-electron chi connectivity index (χ1n) is 13.5. The predicted molar refractivity (Wildman–Crippen MR) is 148 cm³/mol. The summed E-state index contributed by atoms with van der Waals surface area (Å²) in [5.74, 6) is -2.86. The van der Waals surface area contributed by atoms with Gasteiger partial charge in [-0.25, -0.2) is 13.2 Å². The average Bonchev–Trinajstić information content (AvgIpc) is 3.75. The van der Waals surface area contributed by atoms with Crippen LogP contribution in [-0.4, -0.2) is 101 Å². The number of fused-ring (bicyclic) bond motifs is 1. The minimum absolute atomic E-state index is 0.0541. The molecule has 232 valence electrons. The van der Waals surface area contributed by atoms with Gasteiger partial charge in [-0.2, -0.15) is 0 Å². The number of methoxy groups -OCH3 is 1. The molecule has 2 heterocycles. The quantitative estimate of drug-likeness (QED) is 0.239. The number of aliphatic carboxylic acids is 1. The molecule has 6 atom stereocenters. The van der Waals surface area contributed by atoms with Crippen molar-refractivity contribution in [1.29, 1.82) is 0 Å². The molecule has 2 amide bonds. The summed E-state index contributed by atoms with van der Waals surface area (Å²) in [6.07, 6.45) is -6.79. The standard InChI is InChI=1S/C28H32N2O12S/c1-40-18-9-8-14(10-19(18)41-28-23(33)21(31)22(32)24(42-28)27(36)37)17(12-43(2,38)39)30-11-15-4-3-5-16(20(15)26(30)35)29-25(34)13-6-7-13/h3-5,8-10,13,17,21-24,28,31-33H,6-7,11-12H2,1-2H3,(H,29,34)(H,36,37)/t17?,21-,22-,23+,24-,28+/m0/s1. The van der Waals surface area contributed by atoms with E-state index in [0.717, 1.165) is 19.1 Å². The second-order valence-electron chi connectivity index (χ2n) is 10.9. The van der Waals surface area contributed by atoms with Gasteiger partial charge in [0.25, 0.3) is 5.91 Å². The van der Waals surface area contributed by atoms with Crippen molar-refractivity contribution >= 4 is 33.3 Å². The molecule has 2 aromatic carbocycles. The Morgan fingerprint density at radius 1 is 1.09 bits per heavy atom. The van der Waals surface area contributed by atoms with E-state index in [9.17, 15) is 43.2 Å². The van der Waals surface area contributed by atoms with E-state index in [2.05, 4.69) is 5.32 Å². The Labute approximate surface area is 246 Å². The van der Waals surface area contributed by atoms with Crippen molar-refractivity contribution in [2.45, 2.75) is 56.1 Å². The van der Waals surface area contributed by atoms with Gasteiger partial charge >= 0.3 is 5.97 Å². The number of nitrogens with zero attached hydrogens (tertiary/aromatic N) is 1. The van der Waals surface area contributed by atoms with E-state index in [1.165, 1.54) is 30.2 Å². The minimum Gasteiger partial charge on any atom is -0.493 e. The first kappa shape index (κ1) is 30.7. The van der Waals surface area contributed by atoms with Crippen molar-refractivity contribution in [1.82, 2.24) is 4.90 Å². The van der Waals surface area contributed by atoms with Gasteiger partial charge in [-0.05, 0) is 42.2 Å². The number of carbonyl (C=O) groups is 3. The van der Waals surface area contributed by atoms with Crippen LogP contribution in [0.25, 0.3) is 0 Å². The number of amides is 2. The van der Waals surface area contributed by atoms with Crippen LogP contribution in [0.2, 0.25) is 0 Å². The Hall–Kier alpha value is -3.76. The highest BCUT2D eigenvalue weighted by atomic mass is 32.2. The molecular weight excluding hydrogens is 588 g/mol. The number of aliphatic hydroxyl groups excluding tert-OH is 3. The SMILES string of the molecule is COc1ccc(C(CS(C)(=O)=O)N2Cc3cccc(NC(=O)C4CC4)c3C2=O)cc1O[C@@H]1O[C@H](C(=O)O)[C@@H](O)[C@H](O)[C@H]1O. The van der Waals surface area contributed by atoms with Crippen molar-refractivity contribution in [3.63, 3.8) is 0 Å². The Balaban J connectivity index is 1.48. The molecule has 15 heteroatoms. The monoisotopic (exact) mass is 620 g/mol. The van der Waals surface area contributed by atoms with E-state index in [-0.39, 0.29) is 35.4 Å². The van der Waals surface area contributed by atoms with E-state index in [4.69, 9.17) is 14.2 Å². The van der Waals surface area contributed by atoms with Gasteiger partial charge in [0.15, 0.2) is 17.6 Å². The van der Waals surface area contributed by atoms with E-state index in [1.54, 1.807) is 18.2 Å². The van der Waals surface area contributed by atoms with E-state index >= 15 is 0 Å². The zero-order valence-corrected chi connectivity index (χ0v) is 24.1. The highest BCUT2D eigenvalue weighted by Gasteiger charge is 2.48. The predicted octanol–water partition coefficient (Wildman–Crippen LogP) is 0.0564. The number of carboxylic acid groups (broad SMARTS) is 1. The highest BCUT2D eigenvalue weighted by Crippen LogP contribution is 2.40. The lowest BCUT2D eigenvalue weighted by Gasteiger charge is -2.38. The first-order chi connectivity index (χ1) is 20.3. The number of sulfone groups is 1. The van der Waals surface area contributed by atoms with E-state index in [1.807, 2.05) is 0 Å². The molecule has 5 N–H and O–H groups in total. The van der Waals surface area contributed by atoms with Crippen LogP contribution in [0.5, 0.6) is 11.5 Å². The van der Waals surface area contributed by atoms with Crippen LogP contribution in [0.1, 0.15) is 40.4 Å².